The number of aromatic nitrogens is 1. The number of nitrogens with zero attached hydrogens (tertiary/aromatic N) is 2. The summed E-state index contributed by atoms with van der Waals surface area (Å²) >= 11 is 0. The zero-order valence-corrected chi connectivity index (χ0v) is 16.4. The Morgan fingerprint density at radius 3 is 2.37 bits per heavy atom. The van der Waals surface area contributed by atoms with Crippen molar-refractivity contribution in [3.8, 4) is 22.8 Å². The van der Waals surface area contributed by atoms with Gasteiger partial charge in [0, 0.05) is 18.7 Å². The lowest BCUT2D eigenvalue weighted by Crippen LogP contribution is -2.21. The van der Waals surface area contributed by atoms with Crippen LogP contribution in [0.15, 0.2) is 24.3 Å². The van der Waals surface area contributed by atoms with Gasteiger partial charge in [0.05, 0.1) is 32.6 Å². The van der Waals surface area contributed by atoms with Gasteiger partial charge in [-0.2, -0.15) is 0 Å². The van der Waals surface area contributed by atoms with E-state index < -0.39 is 0 Å². The molecule has 1 aromatic carbocycles. The molecule has 2 heterocycles. The summed E-state index contributed by atoms with van der Waals surface area (Å²) in [6.07, 6.45) is 2.94. The number of benzene rings is 1. The van der Waals surface area contributed by atoms with Crippen molar-refractivity contribution in [2.24, 2.45) is 0 Å². The van der Waals surface area contributed by atoms with Crippen LogP contribution in [0.3, 0.4) is 0 Å². The molecule has 1 fully saturated rings. The van der Waals surface area contributed by atoms with Crippen molar-refractivity contribution in [1.29, 1.82) is 0 Å². The number of hydrogen-bond donors (Lipinski definition) is 0. The summed E-state index contributed by atoms with van der Waals surface area (Å²) in [5, 5.41) is 0. The van der Waals surface area contributed by atoms with Crippen LogP contribution in [0.2, 0.25) is 0 Å². The maximum Gasteiger partial charge on any atom is 0.338 e. The van der Waals surface area contributed by atoms with Gasteiger partial charge >= 0.3 is 5.97 Å². The molecule has 0 bridgehead atoms. The highest BCUT2D eigenvalue weighted by atomic mass is 16.5. The molecule has 27 heavy (non-hydrogen) atoms. The van der Waals surface area contributed by atoms with E-state index in [0.29, 0.717) is 23.5 Å². The van der Waals surface area contributed by atoms with Crippen LogP contribution in [-0.4, -0.2) is 45.4 Å². The Bertz CT molecular complexity index is 829. The van der Waals surface area contributed by atoms with E-state index in [1.807, 2.05) is 31.2 Å². The number of esters is 1. The van der Waals surface area contributed by atoms with Gasteiger partial charge in [-0.3, -0.25) is 0 Å². The van der Waals surface area contributed by atoms with Crippen molar-refractivity contribution in [2.75, 3.05) is 39.3 Å². The first-order valence-corrected chi connectivity index (χ1v) is 9.22. The van der Waals surface area contributed by atoms with E-state index >= 15 is 0 Å². The summed E-state index contributed by atoms with van der Waals surface area (Å²) < 4.78 is 15.8. The highest BCUT2D eigenvalue weighted by molar-refractivity contribution is 5.94. The molecule has 6 nitrogen and oxygen atoms in total. The lowest BCUT2D eigenvalue weighted by molar-refractivity contribution is 0.0599. The van der Waals surface area contributed by atoms with Crippen molar-refractivity contribution in [3.63, 3.8) is 0 Å². The van der Waals surface area contributed by atoms with Crippen molar-refractivity contribution in [3.05, 3.63) is 35.4 Å². The third-order valence-electron chi connectivity index (χ3n) is 4.96. The van der Waals surface area contributed by atoms with Crippen LogP contribution in [0.4, 0.5) is 5.82 Å². The van der Waals surface area contributed by atoms with Crippen molar-refractivity contribution >= 4 is 11.8 Å². The van der Waals surface area contributed by atoms with E-state index in [-0.39, 0.29) is 5.97 Å². The van der Waals surface area contributed by atoms with Crippen molar-refractivity contribution < 1.29 is 19.0 Å². The largest absolute Gasteiger partial charge is 0.493 e. The number of pyridine rings is 1. The first-order valence-electron chi connectivity index (χ1n) is 9.22. The fourth-order valence-corrected chi connectivity index (χ4v) is 3.54. The third-order valence-corrected chi connectivity index (χ3v) is 4.96. The quantitative estimate of drug-likeness (QED) is 0.723. The monoisotopic (exact) mass is 370 g/mol. The Morgan fingerprint density at radius 2 is 1.78 bits per heavy atom. The van der Waals surface area contributed by atoms with Gasteiger partial charge in [-0.1, -0.05) is 6.92 Å². The molecule has 1 aromatic heterocycles. The Morgan fingerprint density at radius 1 is 1.07 bits per heavy atom. The number of ether oxygens (including phenoxy) is 3. The van der Waals surface area contributed by atoms with Crippen LogP contribution in [0.25, 0.3) is 11.3 Å². The number of carbonyl (C=O) groups is 1. The van der Waals surface area contributed by atoms with E-state index in [4.69, 9.17) is 19.2 Å². The molecular formula is C21H26N2O4. The molecule has 0 radical (unpaired) electrons. The Hall–Kier alpha value is -2.76. The summed E-state index contributed by atoms with van der Waals surface area (Å²) in [4.78, 5) is 19.6. The van der Waals surface area contributed by atoms with Gasteiger partial charge in [0.15, 0.2) is 11.5 Å². The summed E-state index contributed by atoms with van der Waals surface area (Å²) in [6, 6.07) is 7.56. The molecule has 3 rings (SSSR count). The van der Waals surface area contributed by atoms with Gasteiger partial charge in [0.1, 0.15) is 5.82 Å². The second kappa shape index (κ2) is 8.29. The second-order valence-electron chi connectivity index (χ2n) is 6.46. The normalized spacial score (nSPS) is 13.6. The smallest absolute Gasteiger partial charge is 0.338 e. The topological polar surface area (TPSA) is 60.9 Å². The molecule has 1 saturated heterocycles. The minimum absolute atomic E-state index is 0.337. The first kappa shape index (κ1) is 19.0. The standard InChI is InChI=1S/C21H26N2O4/c1-5-15-16(21(24)27-4)13-19(23-10-6-7-11-23)22-20(15)14-8-9-17(25-2)18(12-14)26-3/h8-9,12-13H,5-7,10-11H2,1-4H3. The molecule has 1 aliphatic heterocycles. The summed E-state index contributed by atoms with van der Waals surface area (Å²) in [7, 11) is 4.63. The van der Waals surface area contributed by atoms with E-state index in [1.165, 1.54) is 7.11 Å². The molecule has 2 aromatic rings. The number of hydrogen-bond acceptors (Lipinski definition) is 6. The fraction of sp³-hybridized carbons (Fsp3) is 0.429. The van der Waals surface area contributed by atoms with Gasteiger partial charge in [-0.15, -0.1) is 0 Å². The maximum atomic E-state index is 12.5. The molecule has 0 aliphatic carbocycles. The highest BCUT2D eigenvalue weighted by Crippen LogP contribution is 2.35. The third kappa shape index (κ3) is 3.70. The van der Waals surface area contributed by atoms with Crippen LogP contribution in [-0.2, 0) is 11.2 Å². The molecule has 1 aliphatic rings. The van der Waals surface area contributed by atoms with E-state index in [2.05, 4.69) is 4.90 Å². The predicted molar refractivity (Wildman–Crippen MR) is 105 cm³/mol. The highest BCUT2D eigenvalue weighted by Gasteiger charge is 2.23. The molecular weight excluding hydrogens is 344 g/mol. The van der Waals surface area contributed by atoms with Gasteiger partial charge in [-0.25, -0.2) is 9.78 Å². The minimum Gasteiger partial charge on any atom is -0.493 e. The molecule has 6 heteroatoms. The van der Waals surface area contributed by atoms with Gasteiger partial charge in [0.2, 0.25) is 0 Å². The van der Waals surface area contributed by atoms with Crippen molar-refractivity contribution in [1.82, 2.24) is 4.98 Å². The SMILES string of the molecule is CCc1c(C(=O)OC)cc(N2CCCC2)nc1-c1ccc(OC)c(OC)c1. The molecule has 0 unspecified atom stereocenters. The molecule has 0 N–H and O–H groups in total. The fourth-order valence-electron chi connectivity index (χ4n) is 3.54. The zero-order valence-electron chi connectivity index (χ0n) is 16.4. The van der Waals surface area contributed by atoms with Crippen LogP contribution in [0.1, 0.15) is 35.7 Å². The van der Waals surface area contributed by atoms with Gasteiger partial charge in [-0.05, 0) is 49.1 Å². The van der Waals surface area contributed by atoms with E-state index in [0.717, 1.165) is 48.6 Å². The molecule has 144 valence electrons. The summed E-state index contributed by atoms with van der Waals surface area (Å²) in [6.45, 7) is 3.91. The first-order chi connectivity index (χ1) is 13.1. The average molecular weight is 370 g/mol. The molecule has 0 saturated carbocycles. The minimum atomic E-state index is -0.337. The van der Waals surface area contributed by atoms with E-state index in [1.54, 1.807) is 14.2 Å². The second-order valence-corrected chi connectivity index (χ2v) is 6.46. The molecule has 0 amide bonds. The Kier molecular flexibility index (Phi) is 5.84. The zero-order chi connectivity index (χ0) is 19.4. The van der Waals surface area contributed by atoms with Crippen LogP contribution in [0, 0.1) is 0 Å². The van der Waals surface area contributed by atoms with Crippen LogP contribution in [0.5, 0.6) is 11.5 Å². The van der Waals surface area contributed by atoms with Crippen molar-refractivity contribution in [2.45, 2.75) is 26.2 Å². The number of rotatable bonds is 6. The number of methoxy groups -OCH3 is 3. The molecule has 0 atom stereocenters. The lowest BCUT2D eigenvalue weighted by atomic mass is 9.98. The van der Waals surface area contributed by atoms with Gasteiger partial charge < -0.3 is 19.1 Å². The van der Waals surface area contributed by atoms with Crippen LogP contribution < -0.4 is 14.4 Å². The Balaban J connectivity index is 2.20. The summed E-state index contributed by atoms with van der Waals surface area (Å²) in [5.41, 5.74) is 3.11. The average Bonchev–Trinajstić information content (AvgIpc) is 3.26. The van der Waals surface area contributed by atoms with Gasteiger partial charge in [0.25, 0.3) is 0 Å². The van der Waals surface area contributed by atoms with E-state index in [9.17, 15) is 4.79 Å². The molecule has 0 spiro atoms. The lowest BCUT2D eigenvalue weighted by Gasteiger charge is -2.21. The number of carbonyl (C=O) groups excluding carboxylic acids is 1. The predicted octanol–water partition coefficient (Wildman–Crippen LogP) is 3.72. The number of anilines is 1. The summed E-state index contributed by atoms with van der Waals surface area (Å²) in [5.74, 6) is 1.76. The maximum absolute atomic E-state index is 12.5. The Labute approximate surface area is 160 Å². The van der Waals surface area contributed by atoms with Crippen LogP contribution >= 0.6 is 0 Å².